The predicted molar refractivity (Wildman–Crippen MR) is 79.9 cm³/mol. The summed E-state index contributed by atoms with van der Waals surface area (Å²) in [5, 5.41) is 14.4. The van der Waals surface area contributed by atoms with Crippen LogP contribution < -0.4 is 14.8 Å². The van der Waals surface area contributed by atoms with Gasteiger partial charge < -0.3 is 14.8 Å². The summed E-state index contributed by atoms with van der Waals surface area (Å²) in [5.74, 6) is 1.15. The molecule has 0 amide bonds. The third-order valence-electron chi connectivity index (χ3n) is 3.49. The van der Waals surface area contributed by atoms with Crippen LogP contribution in [0.2, 0.25) is 0 Å². The molecule has 0 bridgehead atoms. The highest BCUT2D eigenvalue weighted by atomic mass is 16.6. The van der Waals surface area contributed by atoms with Gasteiger partial charge in [0.25, 0.3) is 0 Å². The van der Waals surface area contributed by atoms with Crippen LogP contribution in [0.15, 0.2) is 18.2 Å². The molecule has 0 spiro atoms. The van der Waals surface area contributed by atoms with Crippen LogP contribution in [-0.2, 0) is 0 Å². The molecular weight excluding hydrogens is 272 g/mol. The lowest BCUT2D eigenvalue weighted by atomic mass is 9.82. The van der Waals surface area contributed by atoms with Crippen molar-refractivity contribution in [2.75, 3.05) is 13.6 Å². The van der Waals surface area contributed by atoms with Crippen LogP contribution in [0, 0.1) is 16.0 Å². The molecule has 6 nitrogen and oxygen atoms in total. The maximum Gasteiger partial charge on any atom is 0.352 e. The van der Waals surface area contributed by atoms with Crippen molar-refractivity contribution in [1.82, 2.24) is 5.32 Å². The summed E-state index contributed by atoms with van der Waals surface area (Å²) in [7, 11) is 1.92. The van der Waals surface area contributed by atoms with Crippen molar-refractivity contribution in [3.05, 3.63) is 28.3 Å². The molecule has 6 heteroatoms. The van der Waals surface area contributed by atoms with Crippen LogP contribution in [0.1, 0.15) is 26.7 Å². The summed E-state index contributed by atoms with van der Waals surface area (Å²) in [6.07, 6.45) is 1.78. The second kappa shape index (κ2) is 6.76. The first-order valence-electron chi connectivity index (χ1n) is 7.26. The van der Waals surface area contributed by atoms with E-state index in [-0.39, 0.29) is 23.6 Å². The van der Waals surface area contributed by atoms with E-state index < -0.39 is 4.92 Å². The molecule has 1 fully saturated rings. The van der Waals surface area contributed by atoms with E-state index in [1.165, 1.54) is 0 Å². The first kappa shape index (κ1) is 15.6. The summed E-state index contributed by atoms with van der Waals surface area (Å²) >= 11 is 0. The summed E-state index contributed by atoms with van der Waals surface area (Å²) < 4.78 is 11.3. The molecule has 0 unspecified atom stereocenters. The fraction of sp³-hybridized carbons (Fsp3) is 0.600. The highest BCUT2D eigenvalue weighted by Gasteiger charge is 2.33. The SMILES string of the molecule is CNCC1CC(Oc2cccc(OC(C)C)c2[N+](=O)[O-])C1. The number of nitro benzene ring substituents is 1. The van der Waals surface area contributed by atoms with Gasteiger partial charge in [0.05, 0.1) is 17.1 Å². The quantitative estimate of drug-likeness (QED) is 0.618. The molecule has 1 saturated carbocycles. The zero-order chi connectivity index (χ0) is 15.4. The lowest BCUT2D eigenvalue weighted by molar-refractivity contribution is -0.387. The van der Waals surface area contributed by atoms with Gasteiger partial charge in [-0.2, -0.15) is 0 Å². The van der Waals surface area contributed by atoms with E-state index in [1.807, 2.05) is 20.9 Å². The fourth-order valence-electron chi connectivity index (χ4n) is 2.53. The van der Waals surface area contributed by atoms with E-state index in [0.29, 0.717) is 11.7 Å². The number of benzene rings is 1. The van der Waals surface area contributed by atoms with Crippen molar-refractivity contribution in [2.24, 2.45) is 5.92 Å². The van der Waals surface area contributed by atoms with Gasteiger partial charge in [-0.3, -0.25) is 10.1 Å². The molecule has 0 saturated heterocycles. The number of para-hydroxylation sites is 1. The van der Waals surface area contributed by atoms with Crippen LogP contribution in [0.4, 0.5) is 5.69 Å². The summed E-state index contributed by atoms with van der Waals surface area (Å²) in [5.41, 5.74) is -0.0803. The number of hydrogen-bond acceptors (Lipinski definition) is 5. The zero-order valence-electron chi connectivity index (χ0n) is 12.7. The van der Waals surface area contributed by atoms with E-state index in [4.69, 9.17) is 9.47 Å². The minimum atomic E-state index is -0.434. The van der Waals surface area contributed by atoms with Gasteiger partial charge in [0, 0.05) is 0 Å². The van der Waals surface area contributed by atoms with E-state index in [2.05, 4.69) is 5.32 Å². The lowest BCUT2D eigenvalue weighted by Crippen LogP contribution is -2.38. The number of ether oxygens (including phenoxy) is 2. The number of hydrogen-bond donors (Lipinski definition) is 1. The summed E-state index contributed by atoms with van der Waals surface area (Å²) in [4.78, 5) is 10.9. The second-order valence-corrected chi connectivity index (χ2v) is 5.66. The summed E-state index contributed by atoms with van der Waals surface area (Å²) in [6, 6.07) is 4.97. The molecule has 0 atom stereocenters. The Balaban J connectivity index is 2.10. The minimum absolute atomic E-state index is 0.0522. The highest BCUT2D eigenvalue weighted by molar-refractivity contribution is 5.57. The normalized spacial score (nSPS) is 21.0. The van der Waals surface area contributed by atoms with Crippen LogP contribution in [0.25, 0.3) is 0 Å². The second-order valence-electron chi connectivity index (χ2n) is 5.66. The number of nitrogens with one attached hydrogen (secondary N) is 1. The maximum atomic E-state index is 11.3. The predicted octanol–water partition coefficient (Wildman–Crippen LogP) is 2.76. The third-order valence-corrected chi connectivity index (χ3v) is 3.49. The Kier molecular flexibility index (Phi) is 5.01. The maximum absolute atomic E-state index is 11.3. The monoisotopic (exact) mass is 294 g/mol. The molecule has 116 valence electrons. The molecule has 0 aromatic heterocycles. The van der Waals surface area contributed by atoms with Gasteiger partial charge in [0.2, 0.25) is 11.5 Å². The van der Waals surface area contributed by atoms with Gasteiger partial charge in [-0.25, -0.2) is 0 Å². The topological polar surface area (TPSA) is 73.6 Å². The molecule has 21 heavy (non-hydrogen) atoms. The van der Waals surface area contributed by atoms with Crippen LogP contribution in [0.3, 0.4) is 0 Å². The molecule has 1 aliphatic rings. The van der Waals surface area contributed by atoms with Gasteiger partial charge in [-0.1, -0.05) is 6.07 Å². The Hall–Kier alpha value is -1.82. The van der Waals surface area contributed by atoms with Gasteiger partial charge in [-0.05, 0) is 58.3 Å². The van der Waals surface area contributed by atoms with Gasteiger partial charge in [0.15, 0.2) is 0 Å². The van der Waals surface area contributed by atoms with Crippen molar-refractivity contribution in [1.29, 1.82) is 0 Å². The van der Waals surface area contributed by atoms with E-state index in [9.17, 15) is 10.1 Å². The molecule has 0 radical (unpaired) electrons. The molecule has 0 aliphatic heterocycles. The summed E-state index contributed by atoms with van der Waals surface area (Å²) in [6.45, 7) is 4.63. The Morgan fingerprint density at radius 3 is 2.62 bits per heavy atom. The van der Waals surface area contributed by atoms with Crippen LogP contribution in [-0.4, -0.2) is 30.7 Å². The Morgan fingerprint density at radius 1 is 1.38 bits per heavy atom. The van der Waals surface area contributed by atoms with Crippen molar-refractivity contribution in [2.45, 2.75) is 38.9 Å². The van der Waals surface area contributed by atoms with Crippen molar-refractivity contribution in [3.8, 4) is 11.5 Å². The number of rotatable bonds is 7. The smallest absolute Gasteiger partial charge is 0.352 e. The number of nitro groups is 1. The molecule has 1 aliphatic carbocycles. The Morgan fingerprint density at radius 2 is 2.05 bits per heavy atom. The van der Waals surface area contributed by atoms with E-state index in [0.717, 1.165) is 19.4 Å². The Bertz CT molecular complexity index is 498. The minimum Gasteiger partial charge on any atom is -0.484 e. The average molecular weight is 294 g/mol. The van der Waals surface area contributed by atoms with Crippen molar-refractivity contribution >= 4 is 5.69 Å². The first-order chi connectivity index (χ1) is 10.0. The van der Waals surface area contributed by atoms with Crippen molar-refractivity contribution < 1.29 is 14.4 Å². The number of nitrogens with zero attached hydrogens (tertiary/aromatic N) is 1. The lowest BCUT2D eigenvalue weighted by Gasteiger charge is -2.35. The molecule has 1 N–H and O–H groups in total. The zero-order valence-corrected chi connectivity index (χ0v) is 12.7. The van der Waals surface area contributed by atoms with Crippen LogP contribution in [0.5, 0.6) is 11.5 Å². The Labute approximate surface area is 124 Å². The molecule has 2 rings (SSSR count). The molecule has 1 aromatic rings. The average Bonchev–Trinajstić information content (AvgIpc) is 2.35. The molecule has 0 heterocycles. The van der Waals surface area contributed by atoms with Gasteiger partial charge >= 0.3 is 5.69 Å². The van der Waals surface area contributed by atoms with Crippen LogP contribution >= 0.6 is 0 Å². The standard InChI is InChI=1S/C15H22N2O4/c1-10(2)20-13-5-4-6-14(15(13)17(18)19)21-12-7-11(8-12)9-16-3/h4-6,10-12,16H,7-9H2,1-3H3. The molecular formula is C15H22N2O4. The fourth-order valence-corrected chi connectivity index (χ4v) is 2.53. The largest absolute Gasteiger partial charge is 0.484 e. The highest BCUT2D eigenvalue weighted by Crippen LogP contribution is 2.40. The molecule has 1 aromatic carbocycles. The van der Waals surface area contributed by atoms with Gasteiger partial charge in [-0.15, -0.1) is 0 Å². The van der Waals surface area contributed by atoms with E-state index >= 15 is 0 Å². The third kappa shape index (κ3) is 3.85. The first-order valence-corrected chi connectivity index (χ1v) is 7.26. The van der Waals surface area contributed by atoms with Crippen molar-refractivity contribution in [3.63, 3.8) is 0 Å². The van der Waals surface area contributed by atoms with Gasteiger partial charge in [0.1, 0.15) is 0 Å². The van der Waals surface area contributed by atoms with E-state index in [1.54, 1.807) is 18.2 Å².